The second kappa shape index (κ2) is 3.52. The number of hydrogen-bond acceptors (Lipinski definition) is 2. The lowest BCUT2D eigenvalue weighted by molar-refractivity contribution is -0.161. The largest absolute Gasteiger partial charge is 0.347 e. The van der Waals surface area contributed by atoms with Gasteiger partial charge < -0.3 is 9.47 Å². The highest BCUT2D eigenvalue weighted by Gasteiger charge is 2.43. The topological polar surface area (TPSA) is 18.5 Å². The number of alkyl halides is 1. The van der Waals surface area contributed by atoms with E-state index in [1.807, 2.05) is 0 Å². The van der Waals surface area contributed by atoms with E-state index in [-0.39, 0.29) is 11.9 Å². The first-order valence-electron chi connectivity index (χ1n) is 4.72. The fourth-order valence-corrected chi connectivity index (χ4v) is 2.30. The smallest absolute Gasteiger partial charge is 0.168 e. The lowest BCUT2D eigenvalue weighted by Gasteiger charge is -2.21. The van der Waals surface area contributed by atoms with Crippen LogP contribution >= 0.6 is 11.6 Å². The zero-order chi connectivity index (χ0) is 8.44. The Bertz CT molecular complexity index is 155. The molecular weight excluding hydrogens is 176 g/mol. The van der Waals surface area contributed by atoms with Crippen molar-refractivity contribution in [3.63, 3.8) is 0 Å². The molecule has 1 saturated carbocycles. The van der Waals surface area contributed by atoms with Crippen molar-refractivity contribution in [2.45, 2.75) is 44.0 Å². The number of ether oxygens (including phenoxy) is 2. The van der Waals surface area contributed by atoms with Crippen molar-refractivity contribution in [2.75, 3.05) is 12.5 Å². The molecule has 2 rings (SSSR count). The zero-order valence-corrected chi connectivity index (χ0v) is 7.98. The van der Waals surface area contributed by atoms with E-state index in [0.717, 1.165) is 25.9 Å². The van der Waals surface area contributed by atoms with Gasteiger partial charge in [0.15, 0.2) is 5.79 Å². The Morgan fingerprint density at radius 1 is 1.33 bits per heavy atom. The van der Waals surface area contributed by atoms with E-state index in [4.69, 9.17) is 21.1 Å². The number of rotatable bonds is 2. The summed E-state index contributed by atoms with van der Waals surface area (Å²) in [7, 11) is 0. The summed E-state index contributed by atoms with van der Waals surface area (Å²) >= 11 is 5.64. The highest BCUT2D eigenvalue weighted by molar-refractivity contribution is 6.17. The quantitative estimate of drug-likeness (QED) is 0.623. The fraction of sp³-hybridized carbons (Fsp3) is 1.00. The molecule has 12 heavy (non-hydrogen) atoms. The summed E-state index contributed by atoms with van der Waals surface area (Å²) in [6, 6.07) is 0. The first-order chi connectivity index (χ1) is 5.85. The molecule has 1 aliphatic carbocycles. The van der Waals surface area contributed by atoms with Gasteiger partial charge in [0, 0.05) is 18.7 Å². The summed E-state index contributed by atoms with van der Waals surface area (Å²) in [5.74, 6) is 0.473. The third kappa shape index (κ3) is 1.61. The molecule has 1 saturated heterocycles. The van der Waals surface area contributed by atoms with Gasteiger partial charge in [-0.2, -0.15) is 0 Å². The van der Waals surface area contributed by atoms with E-state index >= 15 is 0 Å². The average Bonchev–Trinajstić information content (AvgIpc) is 2.65. The van der Waals surface area contributed by atoms with Gasteiger partial charge in [-0.15, -0.1) is 11.6 Å². The molecule has 1 unspecified atom stereocenters. The van der Waals surface area contributed by atoms with Crippen molar-refractivity contribution in [1.82, 2.24) is 0 Å². The summed E-state index contributed by atoms with van der Waals surface area (Å²) in [5, 5.41) is 0. The van der Waals surface area contributed by atoms with E-state index in [2.05, 4.69) is 0 Å². The van der Waals surface area contributed by atoms with Crippen LogP contribution < -0.4 is 0 Å². The second-order valence-electron chi connectivity index (χ2n) is 3.65. The first-order valence-corrected chi connectivity index (χ1v) is 5.26. The molecule has 0 radical (unpaired) electrons. The van der Waals surface area contributed by atoms with Crippen LogP contribution in [0.3, 0.4) is 0 Å². The third-order valence-electron chi connectivity index (χ3n) is 2.71. The molecule has 0 N–H and O–H groups in total. The summed E-state index contributed by atoms with van der Waals surface area (Å²) in [5.41, 5.74) is 0. The molecule has 2 aliphatic rings. The molecule has 0 aromatic heterocycles. The Hall–Kier alpha value is 0.210. The Kier molecular flexibility index (Phi) is 2.58. The Labute approximate surface area is 78.2 Å². The van der Waals surface area contributed by atoms with Crippen LogP contribution in [0.15, 0.2) is 0 Å². The molecule has 2 fully saturated rings. The maximum absolute atomic E-state index is 5.84. The van der Waals surface area contributed by atoms with Gasteiger partial charge in [-0.1, -0.05) is 0 Å². The molecule has 70 valence electrons. The molecule has 0 aromatic carbocycles. The normalized spacial score (nSPS) is 33.2. The van der Waals surface area contributed by atoms with Gasteiger partial charge >= 0.3 is 0 Å². The van der Waals surface area contributed by atoms with Gasteiger partial charge in [0.25, 0.3) is 0 Å². The van der Waals surface area contributed by atoms with Crippen molar-refractivity contribution in [1.29, 1.82) is 0 Å². The van der Waals surface area contributed by atoms with Crippen LogP contribution in [-0.4, -0.2) is 24.4 Å². The average molecular weight is 191 g/mol. The fourth-order valence-electron chi connectivity index (χ4n) is 2.06. The summed E-state index contributed by atoms with van der Waals surface area (Å²) in [4.78, 5) is 0. The molecular formula is C9H15ClO2. The Morgan fingerprint density at radius 2 is 2.08 bits per heavy atom. The second-order valence-corrected chi connectivity index (χ2v) is 4.02. The van der Waals surface area contributed by atoms with Gasteiger partial charge in [-0.25, -0.2) is 0 Å². The maximum atomic E-state index is 5.84. The minimum atomic E-state index is -0.198. The predicted octanol–water partition coefficient (Wildman–Crippen LogP) is 2.30. The van der Waals surface area contributed by atoms with Crippen molar-refractivity contribution < 1.29 is 9.47 Å². The monoisotopic (exact) mass is 190 g/mol. The van der Waals surface area contributed by atoms with Crippen LogP contribution in [0, 0.1) is 0 Å². The minimum absolute atomic E-state index is 0.198. The maximum Gasteiger partial charge on any atom is 0.168 e. The zero-order valence-electron chi connectivity index (χ0n) is 7.22. The van der Waals surface area contributed by atoms with E-state index < -0.39 is 0 Å². The standard InChI is InChI=1S/C9H15ClO2/c10-6-3-8-7-11-9(12-8)4-1-2-5-9/h8H,1-7H2. The van der Waals surface area contributed by atoms with E-state index in [1.54, 1.807) is 0 Å². The van der Waals surface area contributed by atoms with E-state index in [9.17, 15) is 0 Å². The van der Waals surface area contributed by atoms with Crippen molar-refractivity contribution in [2.24, 2.45) is 0 Å². The number of halogens is 1. The van der Waals surface area contributed by atoms with Crippen LogP contribution in [0.5, 0.6) is 0 Å². The van der Waals surface area contributed by atoms with E-state index in [1.165, 1.54) is 12.8 Å². The third-order valence-corrected chi connectivity index (χ3v) is 2.93. The minimum Gasteiger partial charge on any atom is -0.347 e. The molecule has 0 amide bonds. The lowest BCUT2D eigenvalue weighted by Crippen LogP contribution is -2.26. The van der Waals surface area contributed by atoms with Gasteiger partial charge in [0.05, 0.1) is 12.7 Å². The van der Waals surface area contributed by atoms with Crippen LogP contribution in [0.1, 0.15) is 32.1 Å². The van der Waals surface area contributed by atoms with Gasteiger partial charge in [-0.05, 0) is 19.3 Å². The van der Waals surface area contributed by atoms with Crippen molar-refractivity contribution in [3.8, 4) is 0 Å². The molecule has 1 spiro atoms. The summed E-state index contributed by atoms with van der Waals surface area (Å²) < 4.78 is 11.5. The molecule has 0 bridgehead atoms. The van der Waals surface area contributed by atoms with Crippen LogP contribution in [0.4, 0.5) is 0 Å². The highest BCUT2D eigenvalue weighted by Crippen LogP contribution is 2.39. The highest BCUT2D eigenvalue weighted by atomic mass is 35.5. The van der Waals surface area contributed by atoms with Crippen molar-refractivity contribution >= 4 is 11.6 Å². The molecule has 1 aliphatic heterocycles. The molecule has 1 heterocycles. The van der Waals surface area contributed by atoms with Crippen molar-refractivity contribution in [3.05, 3.63) is 0 Å². The SMILES string of the molecule is ClCCC1COC2(CCCC2)O1. The first kappa shape index (κ1) is 8.79. The van der Waals surface area contributed by atoms with Gasteiger partial charge in [0.2, 0.25) is 0 Å². The van der Waals surface area contributed by atoms with Crippen LogP contribution in [0.2, 0.25) is 0 Å². The van der Waals surface area contributed by atoms with E-state index in [0.29, 0.717) is 5.88 Å². The number of hydrogen-bond donors (Lipinski definition) is 0. The van der Waals surface area contributed by atoms with Gasteiger partial charge in [-0.3, -0.25) is 0 Å². The van der Waals surface area contributed by atoms with Crippen LogP contribution in [-0.2, 0) is 9.47 Å². The molecule has 2 nitrogen and oxygen atoms in total. The Balaban J connectivity index is 1.88. The molecule has 1 atom stereocenters. The summed E-state index contributed by atoms with van der Waals surface area (Å²) in [6.45, 7) is 0.743. The van der Waals surface area contributed by atoms with Gasteiger partial charge in [0.1, 0.15) is 0 Å². The Morgan fingerprint density at radius 3 is 2.75 bits per heavy atom. The predicted molar refractivity (Wildman–Crippen MR) is 47.4 cm³/mol. The van der Waals surface area contributed by atoms with Crippen LogP contribution in [0.25, 0.3) is 0 Å². The lowest BCUT2D eigenvalue weighted by atomic mass is 10.2. The molecule has 0 aromatic rings. The summed E-state index contributed by atoms with van der Waals surface area (Å²) in [6.07, 6.45) is 5.81. The molecule has 3 heteroatoms.